The van der Waals surface area contributed by atoms with Crippen molar-refractivity contribution in [2.45, 2.75) is 44.7 Å². The Hall–Kier alpha value is -3.22. The van der Waals surface area contributed by atoms with E-state index in [2.05, 4.69) is 26.4 Å². The predicted molar refractivity (Wildman–Crippen MR) is 112 cm³/mol. The monoisotopic (exact) mass is 741 g/mol. The van der Waals surface area contributed by atoms with Gasteiger partial charge in [0.2, 0.25) is 0 Å². The number of hydrogen-bond donors (Lipinski definition) is 0. The molecule has 0 bridgehead atoms. The molecule has 0 aliphatic rings. The number of nitrogens with zero attached hydrogens (tertiary/aromatic N) is 6. The van der Waals surface area contributed by atoms with E-state index in [9.17, 15) is 39.5 Å². The van der Waals surface area contributed by atoms with Crippen molar-refractivity contribution in [2.75, 3.05) is 0 Å². The van der Waals surface area contributed by atoms with Gasteiger partial charge in [-0.1, -0.05) is 43.6 Å². The molecule has 0 fully saturated rings. The van der Waals surface area contributed by atoms with Gasteiger partial charge in [-0.2, -0.15) is 39.5 Å². The average Bonchev–Trinajstić information content (AvgIpc) is 3.44. The first kappa shape index (κ1) is 30.3. The molecule has 0 N–H and O–H groups in total. The SMILES string of the molecule is Cc1nn(-c2cccc(C(C)(C)c3cccc(-n4[c-]c(C(F)(F)F)c(C(F)(F)F)n4)n3)n2)[c-]c1C(F)(F)F.[Pt+2]. The molecule has 0 aliphatic carbocycles. The van der Waals surface area contributed by atoms with Crippen LogP contribution in [0.1, 0.15) is 47.8 Å². The molecule has 0 saturated carbocycles. The van der Waals surface area contributed by atoms with Crippen LogP contribution in [0.2, 0.25) is 0 Å². The molecule has 39 heavy (non-hydrogen) atoms. The number of hydrogen-bond acceptors (Lipinski definition) is 4. The Labute approximate surface area is 229 Å². The van der Waals surface area contributed by atoms with Crippen molar-refractivity contribution in [3.8, 4) is 11.6 Å². The van der Waals surface area contributed by atoms with Crippen LogP contribution in [-0.2, 0) is 45.0 Å². The van der Waals surface area contributed by atoms with Gasteiger partial charge in [0.05, 0.1) is 17.3 Å². The maximum Gasteiger partial charge on any atom is 2.00 e. The Kier molecular flexibility index (Phi) is 7.83. The van der Waals surface area contributed by atoms with E-state index in [1.807, 2.05) is 0 Å². The van der Waals surface area contributed by atoms with Crippen LogP contribution in [0.3, 0.4) is 0 Å². The van der Waals surface area contributed by atoms with Gasteiger partial charge in [0.25, 0.3) is 0 Å². The van der Waals surface area contributed by atoms with Gasteiger partial charge >= 0.3 is 39.6 Å². The van der Waals surface area contributed by atoms with Crippen molar-refractivity contribution in [2.24, 2.45) is 0 Å². The molecule has 16 heteroatoms. The molecule has 0 aromatic carbocycles. The molecule has 0 unspecified atom stereocenters. The first-order valence-corrected chi connectivity index (χ1v) is 10.6. The van der Waals surface area contributed by atoms with Crippen LogP contribution in [0.25, 0.3) is 11.6 Å². The minimum Gasteiger partial charge on any atom is -0.343 e. The Bertz CT molecular complexity index is 1450. The molecule has 0 aliphatic heterocycles. The molecule has 6 nitrogen and oxygen atoms in total. The molecule has 0 spiro atoms. The van der Waals surface area contributed by atoms with Crippen LogP contribution in [-0.4, -0.2) is 29.5 Å². The van der Waals surface area contributed by atoms with E-state index in [1.165, 1.54) is 37.3 Å². The molecule has 4 aromatic rings. The standard InChI is InChI=1S/C23H15F9N6.Pt/c1-12-13(21(24,25)26)10-37(35-12)17-8-4-6-15(33-17)20(2,3)16-7-5-9-18(34-16)38-11-14(22(27,28)29)19(36-38)23(30,31)32;/h4-9H,1-3H3;/q-2;+2. The van der Waals surface area contributed by atoms with E-state index < -0.39 is 40.8 Å². The maximum absolute atomic E-state index is 13.2. The number of halogens is 9. The molecule has 0 amide bonds. The Balaban J connectivity index is 0.00000420. The minimum atomic E-state index is -5.39. The van der Waals surface area contributed by atoms with E-state index in [-0.39, 0.29) is 54.5 Å². The van der Waals surface area contributed by atoms with Crippen molar-refractivity contribution < 1.29 is 60.6 Å². The zero-order valence-electron chi connectivity index (χ0n) is 19.9. The van der Waals surface area contributed by atoms with Crippen molar-refractivity contribution in [1.29, 1.82) is 0 Å². The van der Waals surface area contributed by atoms with Gasteiger partial charge in [-0.05, 0) is 42.8 Å². The molecule has 0 saturated heterocycles. The summed E-state index contributed by atoms with van der Waals surface area (Å²) in [4.78, 5) is 8.52. The Morgan fingerprint density at radius 1 is 0.641 bits per heavy atom. The van der Waals surface area contributed by atoms with Gasteiger partial charge in [0, 0.05) is 16.8 Å². The Morgan fingerprint density at radius 2 is 1.08 bits per heavy atom. The second-order valence-corrected chi connectivity index (χ2v) is 8.61. The van der Waals surface area contributed by atoms with Gasteiger partial charge in [0.15, 0.2) is 0 Å². The summed E-state index contributed by atoms with van der Waals surface area (Å²) in [5.74, 6) is -0.381. The third-order valence-corrected chi connectivity index (χ3v) is 5.50. The van der Waals surface area contributed by atoms with E-state index >= 15 is 0 Å². The van der Waals surface area contributed by atoms with Gasteiger partial charge in [0.1, 0.15) is 0 Å². The van der Waals surface area contributed by atoms with Crippen molar-refractivity contribution >= 4 is 0 Å². The first-order valence-electron chi connectivity index (χ1n) is 10.6. The summed E-state index contributed by atoms with van der Waals surface area (Å²) >= 11 is 0. The van der Waals surface area contributed by atoms with E-state index in [0.717, 1.165) is 10.7 Å². The second kappa shape index (κ2) is 10.1. The third kappa shape index (κ3) is 6.02. The number of aryl methyl sites for hydroxylation is 1. The summed E-state index contributed by atoms with van der Waals surface area (Å²) < 4.78 is 120. The van der Waals surface area contributed by atoms with Gasteiger partial charge in [-0.15, -0.1) is 0 Å². The molecule has 4 aromatic heterocycles. The number of aromatic nitrogens is 6. The zero-order valence-corrected chi connectivity index (χ0v) is 22.1. The van der Waals surface area contributed by atoms with Crippen LogP contribution >= 0.6 is 0 Å². The molecule has 210 valence electrons. The molecule has 0 radical (unpaired) electrons. The van der Waals surface area contributed by atoms with Gasteiger partial charge in [-0.3, -0.25) is 20.2 Å². The number of alkyl halides is 9. The van der Waals surface area contributed by atoms with E-state index in [4.69, 9.17) is 0 Å². The normalized spacial score (nSPS) is 12.9. The molecule has 4 rings (SSSR count). The molecule has 4 heterocycles. The fourth-order valence-electron chi connectivity index (χ4n) is 3.54. The van der Waals surface area contributed by atoms with Crippen LogP contribution in [0.5, 0.6) is 0 Å². The summed E-state index contributed by atoms with van der Waals surface area (Å²) in [6.45, 7) is 4.39. The number of pyridine rings is 2. The average molecular weight is 741 g/mol. The van der Waals surface area contributed by atoms with Gasteiger partial charge < -0.3 is 9.36 Å². The summed E-state index contributed by atoms with van der Waals surface area (Å²) in [5.41, 5.74) is -6.30. The van der Waals surface area contributed by atoms with E-state index in [1.54, 1.807) is 20.0 Å². The topological polar surface area (TPSA) is 61.4 Å². The summed E-state index contributed by atoms with van der Waals surface area (Å²) in [5, 5.41) is 6.84. The number of rotatable bonds is 4. The predicted octanol–water partition coefficient (Wildman–Crippen LogP) is 6.14. The largest absolute Gasteiger partial charge is 2.00 e. The zero-order chi connectivity index (χ0) is 28.3. The second-order valence-electron chi connectivity index (χ2n) is 8.61. The molecular formula is C23H15F9N6Pt. The van der Waals surface area contributed by atoms with Crippen LogP contribution in [0.15, 0.2) is 36.4 Å². The van der Waals surface area contributed by atoms with Crippen LogP contribution in [0, 0.1) is 19.3 Å². The quantitative estimate of drug-likeness (QED) is 0.187. The summed E-state index contributed by atoms with van der Waals surface area (Å²) in [7, 11) is 0. The first-order chi connectivity index (χ1) is 17.4. The van der Waals surface area contributed by atoms with Crippen molar-refractivity contribution in [1.82, 2.24) is 29.5 Å². The van der Waals surface area contributed by atoms with E-state index in [0.29, 0.717) is 0 Å². The Morgan fingerprint density at radius 3 is 1.46 bits per heavy atom. The fourth-order valence-corrected chi connectivity index (χ4v) is 3.54. The minimum absolute atomic E-state index is 0. The fraction of sp³-hybridized carbons (Fsp3) is 0.304. The molecular weight excluding hydrogens is 726 g/mol. The van der Waals surface area contributed by atoms with Crippen molar-refractivity contribution in [3.63, 3.8) is 0 Å². The van der Waals surface area contributed by atoms with Crippen LogP contribution < -0.4 is 0 Å². The van der Waals surface area contributed by atoms with Crippen LogP contribution in [0.4, 0.5) is 39.5 Å². The smallest absolute Gasteiger partial charge is 0.343 e. The summed E-state index contributed by atoms with van der Waals surface area (Å²) in [6.07, 6.45) is -11.7. The maximum atomic E-state index is 13.2. The van der Waals surface area contributed by atoms with Crippen molar-refractivity contribution in [3.05, 3.63) is 82.7 Å². The third-order valence-electron chi connectivity index (χ3n) is 5.50. The summed E-state index contributed by atoms with van der Waals surface area (Å²) in [6, 6.07) is 8.37. The van der Waals surface area contributed by atoms with Gasteiger partial charge in [-0.25, -0.2) is 0 Å². The molecule has 0 atom stereocenters.